The van der Waals surface area contributed by atoms with Gasteiger partial charge in [-0.2, -0.15) is 5.10 Å². The summed E-state index contributed by atoms with van der Waals surface area (Å²) in [7, 11) is 1.82. The molecule has 1 heterocycles. The van der Waals surface area contributed by atoms with Gasteiger partial charge in [-0.1, -0.05) is 6.42 Å². The molecule has 0 amide bonds. The molecule has 48 valence electrons. The second-order valence-corrected chi connectivity index (χ2v) is 2.10. The minimum atomic E-state index is 0.472. The van der Waals surface area contributed by atoms with E-state index in [1.165, 1.54) is 0 Å². The first-order valence-electron chi connectivity index (χ1n) is 2.44. The third-order valence-corrected chi connectivity index (χ3v) is 1.29. The maximum absolute atomic E-state index is 5.09. The normalized spacial score (nSPS) is 17.6. The fraction of sp³-hybridized carbons (Fsp3) is 0.400. The monoisotopic (exact) mass is 140 g/mol. The zero-order chi connectivity index (χ0) is 6.85. The number of nitrogens with zero attached hydrogens (tertiary/aromatic N) is 3. The van der Waals surface area contributed by atoms with E-state index in [-0.39, 0.29) is 0 Å². The summed E-state index contributed by atoms with van der Waals surface area (Å²) >= 11 is 4.79. The first-order chi connectivity index (χ1) is 4.24. The average molecular weight is 140 g/mol. The molecule has 0 fully saturated rings. The topological polar surface area (TPSA) is 18.8 Å². The van der Waals surface area contributed by atoms with E-state index in [0.29, 0.717) is 11.8 Å². The number of amidine groups is 1. The van der Waals surface area contributed by atoms with Crippen LogP contribution in [0.25, 0.3) is 0 Å². The summed E-state index contributed by atoms with van der Waals surface area (Å²) in [5.41, 5.74) is 0. The zero-order valence-electron chi connectivity index (χ0n) is 5.03. The molecule has 0 bridgehead atoms. The summed E-state index contributed by atoms with van der Waals surface area (Å²) < 4.78 is 0. The van der Waals surface area contributed by atoms with Crippen molar-refractivity contribution in [2.24, 2.45) is 5.10 Å². The Morgan fingerprint density at radius 1 is 1.89 bits per heavy atom. The van der Waals surface area contributed by atoms with Gasteiger partial charge in [-0.15, -0.1) is 0 Å². The second-order valence-electron chi connectivity index (χ2n) is 1.74. The van der Waals surface area contributed by atoms with E-state index < -0.39 is 0 Å². The van der Waals surface area contributed by atoms with Crippen molar-refractivity contribution >= 4 is 17.8 Å². The highest BCUT2D eigenvalue weighted by Gasteiger charge is 2.07. The largest absolute Gasteiger partial charge is 0.740 e. The molecule has 0 N–H and O–H groups in total. The second kappa shape index (κ2) is 2.11. The molecule has 1 aliphatic heterocycles. The molecule has 4 heteroatoms. The van der Waals surface area contributed by atoms with Gasteiger partial charge >= 0.3 is 0 Å². The predicted octanol–water partition coefficient (Wildman–Crippen LogP) is -0.400. The molecule has 0 saturated carbocycles. The van der Waals surface area contributed by atoms with E-state index in [2.05, 4.69) is 11.1 Å². The Labute approximate surface area is 59.7 Å². The van der Waals surface area contributed by atoms with Crippen molar-refractivity contribution in [2.75, 3.05) is 13.7 Å². The maximum Gasteiger partial charge on any atom is 0.118 e. The van der Waals surface area contributed by atoms with E-state index in [9.17, 15) is 0 Å². The maximum atomic E-state index is 5.09. The van der Waals surface area contributed by atoms with Crippen molar-refractivity contribution in [1.82, 2.24) is 9.91 Å². The zero-order valence-corrected chi connectivity index (χ0v) is 5.85. The van der Waals surface area contributed by atoms with Crippen molar-refractivity contribution in [2.45, 2.75) is 0 Å². The van der Waals surface area contributed by atoms with E-state index >= 15 is 0 Å². The Bertz CT molecular complexity index is 181. The summed E-state index contributed by atoms with van der Waals surface area (Å²) in [6, 6.07) is 2.40. The van der Waals surface area contributed by atoms with Crippen molar-refractivity contribution in [3.63, 3.8) is 0 Å². The fourth-order valence-corrected chi connectivity index (χ4v) is 0.843. The van der Waals surface area contributed by atoms with Crippen LogP contribution in [0, 0.1) is 12.5 Å². The first-order valence-corrected chi connectivity index (χ1v) is 2.85. The molecule has 1 rings (SSSR count). The molecule has 0 aromatic rings. The van der Waals surface area contributed by atoms with Crippen LogP contribution in [0.4, 0.5) is 0 Å². The third kappa shape index (κ3) is 1.06. The Kier molecular flexibility index (Phi) is 1.45. The van der Waals surface area contributed by atoms with Crippen LogP contribution in [-0.2, 0) is 12.6 Å². The number of hydrogen-bond acceptors (Lipinski definition) is 4. The van der Waals surface area contributed by atoms with Gasteiger partial charge in [0, 0.05) is 18.3 Å². The lowest BCUT2D eigenvalue weighted by atomic mass is 10.8. The van der Waals surface area contributed by atoms with E-state index in [1.807, 2.05) is 7.05 Å². The Balaban J connectivity index is 2.67. The molecule has 0 atom stereocenters. The van der Waals surface area contributed by atoms with Crippen LogP contribution < -0.4 is 0 Å². The highest BCUT2D eigenvalue weighted by atomic mass is 32.1. The molecule has 1 aliphatic rings. The molecule has 0 aliphatic carbocycles. The van der Waals surface area contributed by atoms with Crippen LogP contribution in [0.5, 0.6) is 0 Å². The van der Waals surface area contributed by atoms with E-state index in [0.717, 1.165) is 0 Å². The summed E-state index contributed by atoms with van der Waals surface area (Å²) in [4.78, 5) is 1.56. The van der Waals surface area contributed by atoms with E-state index in [1.54, 1.807) is 9.91 Å². The van der Waals surface area contributed by atoms with Gasteiger partial charge in [0.2, 0.25) is 0 Å². The SMILES string of the molecule is C#CN1CN(C)N=C1[S-]. The van der Waals surface area contributed by atoms with Crippen LogP contribution in [0.3, 0.4) is 0 Å². The first kappa shape index (κ1) is 6.17. The predicted molar refractivity (Wildman–Crippen MR) is 38.1 cm³/mol. The number of hydrogen-bond donors (Lipinski definition) is 0. The minimum Gasteiger partial charge on any atom is -0.740 e. The third-order valence-electron chi connectivity index (χ3n) is 0.989. The highest BCUT2D eigenvalue weighted by molar-refractivity contribution is 7.77. The van der Waals surface area contributed by atoms with Gasteiger partial charge in [0.05, 0.1) is 0 Å². The van der Waals surface area contributed by atoms with Crippen LogP contribution in [-0.4, -0.2) is 28.8 Å². The Morgan fingerprint density at radius 3 is 2.78 bits per heavy atom. The van der Waals surface area contributed by atoms with Gasteiger partial charge in [-0.3, -0.25) is 9.91 Å². The molecule has 0 radical (unpaired) electrons. The van der Waals surface area contributed by atoms with Crippen LogP contribution in [0.1, 0.15) is 0 Å². The van der Waals surface area contributed by atoms with Gasteiger partial charge in [0.1, 0.15) is 6.67 Å². The van der Waals surface area contributed by atoms with Crippen molar-refractivity contribution in [1.29, 1.82) is 0 Å². The van der Waals surface area contributed by atoms with Crippen LogP contribution in [0.15, 0.2) is 5.10 Å². The van der Waals surface area contributed by atoms with Gasteiger partial charge in [0.15, 0.2) is 0 Å². The molecular weight excluding hydrogens is 134 g/mol. The number of terminal acetylenes is 1. The van der Waals surface area contributed by atoms with Crippen LogP contribution >= 0.6 is 0 Å². The standard InChI is InChI=1S/C5H7N3S/c1-3-8-4-7(2)6-5(8)9/h1H,4H2,2H3,(H,6,9)/p-1. The summed E-state index contributed by atoms with van der Waals surface area (Å²) in [5.74, 6) is 0. The van der Waals surface area contributed by atoms with E-state index in [4.69, 9.17) is 19.1 Å². The van der Waals surface area contributed by atoms with Gasteiger partial charge in [-0.05, 0) is 0 Å². The highest BCUT2D eigenvalue weighted by Crippen LogP contribution is 2.01. The molecule has 0 saturated heterocycles. The molecular formula is C5H6N3S-. The van der Waals surface area contributed by atoms with Crippen molar-refractivity contribution in [3.8, 4) is 12.5 Å². The molecule has 0 aromatic heterocycles. The lowest BCUT2D eigenvalue weighted by Crippen LogP contribution is -2.23. The van der Waals surface area contributed by atoms with Gasteiger partial charge in [0.25, 0.3) is 0 Å². The molecule has 0 aromatic carbocycles. The van der Waals surface area contributed by atoms with Crippen molar-refractivity contribution in [3.05, 3.63) is 0 Å². The molecule has 3 nitrogen and oxygen atoms in total. The lowest BCUT2D eigenvalue weighted by molar-refractivity contribution is 0.324. The molecule has 0 spiro atoms. The van der Waals surface area contributed by atoms with Crippen LogP contribution in [0.2, 0.25) is 0 Å². The minimum absolute atomic E-state index is 0.472. The van der Waals surface area contributed by atoms with Gasteiger partial charge in [-0.25, -0.2) is 0 Å². The molecule has 0 unspecified atom stereocenters. The smallest absolute Gasteiger partial charge is 0.118 e. The Morgan fingerprint density at radius 2 is 2.56 bits per heavy atom. The lowest BCUT2D eigenvalue weighted by Gasteiger charge is -2.14. The van der Waals surface area contributed by atoms with Crippen molar-refractivity contribution < 1.29 is 0 Å². The summed E-state index contributed by atoms with van der Waals surface area (Å²) in [6.07, 6.45) is 5.09. The molecule has 9 heavy (non-hydrogen) atoms. The quantitative estimate of drug-likeness (QED) is 0.337. The van der Waals surface area contributed by atoms with Gasteiger partial charge < -0.3 is 12.6 Å². The summed E-state index contributed by atoms with van der Waals surface area (Å²) in [6.45, 7) is 0.606. The number of rotatable bonds is 0. The Hall–Kier alpha value is -0.950. The summed E-state index contributed by atoms with van der Waals surface area (Å²) in [5, 5.41) is 6.06. The number of hydrazone groups is 1. The fourth-order valence-electron chi connectivity index (χ4n) is 0.593. The average Bonchev–Trinajstić information content (AvgIpc) is 2.10.